The predicted molar refractivity (Wildman–Crippen MR) is 56.3 cm³/mol. The van der Waals surface area contributed by atoms with Gasteiger partial charge in [-0.25, -0.2) is 0 Å². The van der Waals surface area contributed by atoms with E-state index in [1.54, 1.807) is 0 Å². The molecule has 3 heteroatoms. The van der Waals surface area contributed by atoms with Gasteiger partial charge in [-0.3, -0.25) is 4.79 Å². The number of ketones is 1. The zero-order valence-corrected chi connectivity index (χ0v) is 9.27. The third-order valence-corrected chi connectivity index (χ3v) is 3.00. The molecule has 3 nitrogen and oxygen atoms in total. The first-order chi connectivity index (χ1) is 6.75. The van der Waals surface area contributed by atoms with Crippen molar-refractivity contribution in [2.24, 2.45) is 5.41 Å². The Hall–Kier alpha value is -0.410. The maximum atomic E-state index is 12.0. The summed E-state index contributed by atoms with van der Waals surface area (Å²) in [6.07, 6.45) is 3.04. The van der Waals surface area contributed by atoms with Gasteiger partial charge in [0.1, 0.15) is 6.61 Å². The van der Waals surface area contributed by atoms with Crippen LogP contribution in [0.15, 0.2) is 0 Å². The van der Waals surface area contributed by atoms with E-state index in [2.05, 4.69) is 12.2 Å². The second-order valence-electron chi connectivity index (χ2n) is 4.02. The molecule has 0 saturated carbocycles. The second kappa shape index (κ2) is 5.47. The SMILES string of the molecule is CCCC1(C(=O)COCC)CCNC1. The van der Waals surface area contributed by atoms with Gasteiger partial charge in [0.15, 0.2) is 5.78 Å². The lowest BCUT2D eigenvalue weighted by atomic mass is 9.79. The van der Waals surface area contributed by atoms with Gasteiger partial charge in [0.25, 0.3) is 0 Å². The zero-order valence-electron chi connectivity index (χ0n) is 9.27. The van der Waals surface area contributed by atoms with Crippen LogP contribution in [0.4, 0.5) is 0 Å². The third kappa shape index (κ3) is 2.55. The Morgan fingerprint density at radius 1 is 1.50 bits per heavy atom. The number of rotatable bonds is 6. The van der Waals surface area contributed by atoms with Gasteiger partial charge in [0.2, 0.25) is 0 Å². The predicted octanol–water partition coefficient (Wildman–Crippen LogP) is 1.37. The molecule has 82 valence electrons. The van der Waals surface area contributed by atoms with Gasteiger partial charge in [-0.05, 0) is 26.3 Å². The molecular formula is C11H21NO2. The van der Waals surface area contributed by atoms with Crippen molar-refractivity contribution >= 4 is 5.78 Å². The number of hydrogen-bond acceptors (Lipinski definition) is 3. The monoisotopic (exact) mass is 199 g/mol. The van der Waals surface area contributed by atoms with E-state index in [1.165, 1.54) is 0 Å². The Balaban J connectivity index is 2.52. The van der Waals surface area contributed by atoms with E-state index < -0.39 is 0 Å². The van der Waals surface area contributed by atoms with E-state index in [4.69, 9.17) is 4.74 Å². The van der Waals surface area contributed by atoms with Crippen LogP contribution in [0.25, 0.3) is 0 Å². The Bertz CT molecular complexity index is 186. The topological polar surface area (TPSA) is 38.3 Å². The standard InChI is InChI=1S/C11H21NO2/c1-3-5-11(6-7-12-9-11)10(13)8-14-4-2/h12H,3-9H2,1-2H3. The summed E-state index contributed by atoms with van der Waals surface area (Å²) in [7, 11) is 0. The molecule has 1 aliphatic rings. The molecular weight excluding hydrogens is 178 g/mol. The molecule has 0 bridgehead atoms. The highest BCUT2D eigenvalue weighted by Crippen LogP contribution is 2.32. The number of carbonyl (C=O) groups is 1. The van der Waals surface area contributed by atoms with Crippen LogP contribution in [-0.4, -0.2) is 32.1 Å². The summed E-state index contributed by atoms with van der Waals surface area (Å²) in [5, 5.41) is 3.28. The van der Waals surface area contributed by atoms with E-state index in [1.807, 2.05) is 6.92 Å². The van der Waals surface area contributed by atoms with Gasteiger partial charge in [-0.2, -0.15) is 0 Å². The van der Waals surface area contributed by atoms with Crippen LogP contribution in [0.5, 0.6) is 0 Å². The first-order valence-corrected chi connectivity index (χ1v) is 5.57. The highest BCUT2D eigenvalue weighted by atomic mass is 16.5. The highest BCUT2D eigenvalue weighted by molar-refractivity contribution is 5.86. The van der Waals surface area contributed by atoms with Crippen LogP contribution in [0.1, 0.15) is 33.1 Å². The van der Waals surface area contributed by atoms with Crippen LogP contribution in [0, 0.1) is 5.41 Å². The van der Waals surface area contributed by atoms with Gasteiger partial charge in [-0.15, -0.1) is 0 Å². The molecule has 0 amide bonds. The number of carbonyl (C=O) groups excluding carboxylic acids is 1. The number of nitrogens with one attached hydrogen (secondary N) is 1. The first-order valence-electron chi connectivity index (χ1n) is 5.57. The lowest BCUT2D eigenvalue weighted by Gasteiger charge is -2.25. The number of ether oxygens (including phenoxy) is 1. The Labute approximate surface area is 86.2 Å². The first kappa shape index (κ1) is 11.7. The minimum Gasteiger partial charge on any atom is -0.374 e. The third-order valence-electron chi connectivity index (χ3n) is 3.00. The molecule has 1 aliphatic heterocycles. The lowest BCUT2D eigenvalue weighted by Crippen LogP contribution is -2.36. The molecule has 0 spiro atoms. The van der Waals surface area contributed by atoms with Crippen molar-refractivity contribution in [2.45, 2.75) is 33.1 Å². The van der Waals surface area contributed by atoms with E-state index in [9.17, 15) is 4.79 Å². The fourth-order valence-electron chi connectivity index (χ4n) is 2.16. The van der Waals surface area contributed by atoms with Crippen LogP contribution < -0.4 is 5.32 Å². The van der Waals surface area contributed by atoms with Crippen molar-refractivity contribution in [2.75, 3.05) is 26.3 Å². The van der Waals surface area contributed by atoms with Gasteiger partial charge < -0.3 is 10.1 Å². The normalized spacial score (nSPS) is 26.7. The molecule has 1 atom stereocenters. The molecule has 1 N–H and O–H groups in total. The van der Waals surface area contributed by atoms with Crippen LogP contribution >= 0.6 is 0 Å². The van der Waals surface area contributed by atoms with Gasteiger partial charge in [0, 0.05) is 18.6 Å². The van der Waals surface area contributed by atoms with E-state index in [0.29, 0.717) is 6.61 Å². The fraction of sp³-hybridized carbons (Fsp3) is 0.909. The lowest BCUT2D eigenvalue weighted by molar-refractivity contribution is -0.132. The number of hydrogen-bond donors (Lipinski definition) is 1. The molecule has 0 radical (unpaired) electrons. The van der Waals surface area contributed by atoms with Crippen molar-refractivity contribution in [1.29, 1.82) is 0 Å². The Morgan fingerprint density at radius 2 is 2.29 bits per heavy atom. The van der Waals surface area contributed by atoms with Crippen LogP contribution in [-0.2, 0) is 9.53 Å². The van der Waals surface area contributed by atoms with E-state index in [0.717, 1.165) is 32.4 Å². The molecule has 14 heavy (non-hydrogen) atoms. The maximum absolute atomic E-state index is 12.0. The Morgan fingerprint density at radius 3 is 2.79 bits per heavy atom. The molecule has 0 aromatic carbocycles. The summed E-state index contributed by atoms with van der Waals surface area (Å²) >= 11 is 0. The zero-order chi connectivity index (χ0) is 10.4. The quantitative estimate of drug-likeness (QED) is 0.702. The molecule has 1 fully saturated rings. The maximum Gasteiger partial charge on any atom is 0.165 e. The second-order valence-corrected chi connectivity index (χ2v) is 4.02. The number of Topliss-reactive ketones (excluding diaryl/α,β-unsaturated/α-hetero) is 1. The van der Waals surface area contributed by atoms with Crippen molar-refractivity contribution < 1.29 is 9.53 Å². The molecule has 0 aliphatic carbocycles. The van der Waals surface area contributed by atoms with Gasteiger partial charge >= 0.3 is 0 Å². The average Bonchev–Trinajstić information content (AvgIpc) is 2.64. The summed E-state index contributed by atoms with van der Waals surface area (Å²) in [6.45, 7) is 6.78. The fourth-order valence-corrected chi connectivity index (χ4v) is 2.16. The van der Waals surface area contributed by atoms with Crippen molar-refractivity contribution in [3.05, 3.63) is 0 Å². The summed E-state index contributed by atoms with van der Waals surface area (Å²) in [4.78, 5) is 12.0. The molecule has 1 unspecified atom stereocenters. The van der Waals surface area contributed by atoms with Crippen molar-refractivity contribution in [1.82, 2.24) is 5.32 Å². The molecule has 1 heterocycles. The van der Waals surface area contributed by atoms with Gasteiger partial charge in [-0.1, -0.05) is 13.3 Å². The Kier molecular flexibility index (Phi) is 4.55. The highest BCUT2D eigenvalue weighted by Gasteiger charge is 2.39. The molecule has 1 rings (SSSR count). The summed E-state index contributed by atoms with van der Waals surface area (Å²) < 4.78 is 5.20. The average molecular weight is 199 g/mol. The smallest absolute Gasteiger partial charge is 0.165 e. The molecule has 1 saturated heterocycles. The molecule has 0 aromatic rings. The summed E-state index contributed by atoms with van der Waals surface area (Å²) in [5.41, 5.74) is -0.121. The van der Waals surface area contributed by atoms with Crippen molar-refractivity contribution in [3.63, 3.8) is 0 Å². The summed E-state index contributed by atoms with van der Waals surface area (Å²) in [5.74, 6) is 0.284. The van der Waals surface area contributed by atoms with E-state index >= 15 is 0 Å². The van der Waals surface area contributed by atoms with E-state index in [-0.39, 0.29) is 17.8 Å². The minimum absolute atomic E-state index is 0.121. The largest absolute Gasteiger partial charge is 0.374 e. The van der Waals surface area contributed by atoms with Crippen LogP contribution in [0.2, 0.25) is 0 Å². The van der Waals surface area contributed by atoms with Crippen molar-refractivity contribution in [3.8, 4) is 0 Å². The van der Waals surface area contributed by atoms with Crippen LogP contribution in [0.3, 0.4) is 0 Å². The summed E-state index contributed by atoms with van der Waals surface area (Å²) in [6, 6.07) is 0. The van der Waals surface area contributed by atoms with Gasteiger partial charge in [0.05, 0.1) is 0 Å². The minimum atomic E-state index is -0.121. The molecule has 0 aromatic heterocycles.